The third-order valence-corrected chi connectivity index (χ3v) is 4.35. The fourth-order valence-electron chi connectivity index (χ4n) is 3.03. The minimum atomic E-state index is 0.0153. The highest BCUT2D eigenvalue weighted by Gasteiger charge is 2.14. The average molecular weight is 369 g/mol. The molecule has 144 valence electrons. The number of amides is 1. The van der Waals surface area contributed by atoms with Crippen molar-refractivity contribution >= 4 is 17.7 Å². The van der Waals surface area contributed by atoms with Gasteiger partial charge in [0.1, 0.15) is 5.82 Å². The second kappa shape index (κ2) is 9.32. The fourth-order valence-corrected chi connectivity index (χ4v) is 3.03. The van der Waals surface area contributed by atoms with Crippen molar-refractivity contribution in [2.24, 2.45) is 0 Å². The summed E-state index contributed by atoms with van der Waals surface area (Å²) >= 11 is 0. The van der Waals surface area contributed by atoms with Crippen LogP contribution in [0, 0.1) is 13.8 Å². The van der Waals surface area contributed by atoms with Crippen LogP contribution in [0.15, 0.2) is 30.3 Å². The zero-order valence-electron chi connectivity index (χ0n) is 16.0. The Morgan fingerprint density at radius 2 is 1.96 bits per heavy atom. The van der Waals surface area contributed by atoms with E-state index in [0.29, 0.717) is 25.5 Å². The second-order valence-electron chi connectivity index (χ2n) is 6.73. The molecule has 7 nitrogen and oxygen atoms in total. The molecule has 0 spiro atoms. The Morgan fingerprint density at radius 3 is 2.74 bits per heavy atom. The van der Waals surface area contributed by atoms with E-state index in [1.54, 1.807) is 0 Å². The van der Waals surface area contributed by atoms with Gasteiger partial charge >= 0.3 is 0 Å². The lowest BCUT2D eigenvalue weighted by atomic mass is 10.1. The summed E-state index contributed by atoms with van der Waals surface area (Å²) in [5, 5.41) is 6.13. The van der Waals surface area contributed by atoms with Crippen LogP contribution < -0.4 is 15.5 Å². The van der Waals surface area contributed by atoms with Crippen LogP contribution in [0.1, 0.15) is 16.8 Å². The van der Waals surface area contributed by atoms with Crippen LogP contribution >= 0.6 is 0 Å². The summed E-state index contributed by atoms with van der Waals surface area (Å²) in [5.41, 5.74) is 3.10. The molecule has 1 amide bonds. The molecule has 1 aromatic carbocycles. The Balaban J connectivity index is 1.46. The molecule has 1 aromatic heterocycles. The number of hydrogen-bond acceptors (Lipinski definition) is 6. The van der Waals surface area contributed by atoms with Crippen LogP contribution in [-0.2, 0) is 16.0 Å². The number of nitrogens with one attached hydrogen (secondary N) is 2. The zero-order chi connectivity index (χ0) is 19.1. The quantitative estimate of drug-likeness (QED) is 0.723. The van der Waals surface area contributed by atoms with Gasteiger partial charge in [0.05, 0.1) is 19.6 Å². The molecule has 7 heteroatoms. The van der Waals surface area contributed by atoms with Crippen LogP contribution in [0.4, 0.5) is 11.8 Å². The third-order valence-electron chi connectivity index (χ3n) is 4.35. The van der Waals surface area contributed by atoms with E-state index in [-0.39, 0.29) is 5.91 Å². The predicted octanol–water partition coefficient (Wildman–Crippen LogP) is 1.70. The van der Waals surface area contributed by atoms with Gasteiger partial charge in [0, 0.05) is 37.9 Å². The molecular weight excluding hydrogens is 342 g/mol. The predicted molar refractivity (Wildman–Crippen MR) is 106 cm³/mol. The molecule has 0 aliphatic carbocycles. The van der Waals surface area contributed by atoms with Crippen molar-refractivity contribution in [2.45, 2.75) is 20.3 Å². The van der Waals surface area contributed by atoms with E-state index >= 15 is 0 Å². The lowest BCUT2D eigenvalue weighted by Gasteiger charge is -2.28. The molecule has 2 N–H and O–H groups in total. The third kappa shape index (κ3) is 5.92. The minimum absolute atomic E-state index is 0.0153. The molecule has 0 radical (unpaired) electrons. The van der Waals surface area contributed by atoms with E-state index in [2.05, 4.69) is 25.5 Å². The molecule has 1 saturated heterocycles. The second-order valence-corrected chi connectivity index (χ2v) is 6.73. The number of carbonyl (C=O) groups excluding carboxylic acids is 1. The van der Waals surface area contributed by atoms with Crippen molar-refractivity contribution < 1.29 is 9.53 Å². The number of carbonyl (C=O) groups is 1. The number of nitrogens with zero attached hydrogens (tertiary/aromatic N) is 3. The summed E-state index contributed by atoms with van der Waals surface area (Å²) < 4.78 is 5.39. The smallest absolute Gasteiger partial charge is 0.224 e. The van der Waals surface area contributed by atoms with E-state index in [0.717, 1.165) is 48.9 Å². The fraction of sp³-hybridized carbons (Fsp3) is 0.450. The lowest BCUT2D eigenvalue weighted by Crippen LogP contribution is -2.37. The van der Waals surface area contributed by atoms with E-state index < -0.39 is 0 Å². The van der Waals surface area contributed by atoms with Crippen molar-refractivity contribution in [2.75, 3.05) is 49.6 Å². The first-order valence-electron chi connectivity index (χ1n) is 9.34. The molecule has 0 unspecified atom stereocenters. The monoisotopic (exact) mass is 369 g/mol. The van der Waals surface area contributed by atoms with Crippen molar-refractivity contribution in [3.8, 4) is 0 Å². The summed E-state index contributed by atoms with van der Waals surface area (Å²) in [4.78, 5) is 23.3. The lowest BCUT2D eigenvalue weighted by molar-refractivity contribution is -0.120. The molecule has 1 fully saturated rings. The molecule has 0 bridgehead atoms. The van der Waals surface area contributed by atoms with E-state index in [1.807, 2.05) is 44.2 Å². The molecule has 2 heterocycles. The Morgan fingerprint density at radius 1 is 1.15 bits per heavy atom. The van der Waals surface area contributed by atoms with E-state index in [9.17, 15) is 4.79 Å². The zero-order valence-corrected chi connectivity index (χ0v) is 16.0. The number of anilines is 2. The van der Waals surface area contributed by atoms with E-state index in [1.165, 1.54) is 0 Å². The van der Waals surface area contributed by atoms with Gasteiger partial charge < -0.3 is 20.3 Å². The Bertz CT molecular complexity index is 775. The maximum atomic E-state index is 12.1. The number of morpholine rings is 1. The maximum Gasteiger partial charge on any atom is 0.224 e. The number of aryl methyl sites for hydroxylation is 2. The number of benzene rings is 1. The number of aromatic nitrogens is 2. The molecule has 0 atom stereocenters. The highest BCUT2D eigenvalue weighted by atomic mass is 16.5. The number of rotatable bonds is 7. The van der Waals surface area contributed by atoms with Gasteiger partial charge in [-0.2, -0.15) is 4.98 Å². The first-order valence-corrected chi connectivity index (χ1v) is 9.34. The Hall–Kier alpha value is -2.67. The summed E-state index contributed by atoms with van der Waals surface area (Å²) in [5.74, 6) is 1.52. The molecule has 1 aliphatic heterocycles. The van der Waals surface area contributed by atoms with Crippen LogP contribution in [0.5, 0.6) is 0 Å². The summed E-state index contributed by atoms with van der Waals surface area (Å²) in [6.45, 7) is 8.20. The average Bonchev–Trinajstić information content (AvgIpc) is 2.65. The van der Waals surface area contributed by atoms with Gasteiger partial charge in [-0.3, -0.25) is 4.79 Å². The minimum Gasteiger partial charge on any atom is -0.378 e. The Kier molecular flexibility index (Phi) is 6.59. The molecule has 1 aliphatic rings. The van der Waals surface area contributed by atoms with Gasteiger partial charge in [0.2, 0.25) is 11.9 Å². The van der Waals surface area contributed by atoms with Crippen LogP contribution in [-0.4, -0.2) is 55.3 Å². The normalized spacial score (nSPS) is 14.1. The largest absolute Gasteiger partial charge is 0.378 e. The molecular formula is C20H27N5O2. The standard InChI is InChI=1S/C20H27N5O2/c1-15-4-3-5-17(12-15)14-19(26)21-6-7-22-20-23-16(2)13-18(24-20)25-8-10-27-11-9-25/h3-5,12-13H,6-11,14H2,1-2H3,(H,21,26)(H,22,23,24). The summed E-state index contributed by atoms with van der Waals surface area (Å²) in [7, 11) is 0. The first-order chi connectivity index (χ1) is 13.1. The molecule has 2 aromatic rings. The van der Waals surface area contributed by atoms with Crippen LogP contribution in [0.3, 0.4) is 0 Å². The molecule has 3 rings (SSSR count). The highest BCUT2D eigenvalue weighted by molar-refractivity contribution is 5.78. The van der Waals surface area contributed by atoms with Gasteiger partial charge in [0.15, 0.2) is 0 Å². The Labute approximate surface area is 160 Å². The highest BCUT2D eigenvalue weighted by Crippen LogP contribution is 2.16. The number of ether oxygens (including phenoxy) is 1. The molecule has 0 saturated carbocycles. The number of hydrogen-bond donors (Lipinski definition) is 2. The van der Waals surface area contributed by atoms with Crippen molar-refractivity contribution in [3.05, 3.63) is 47.2 Å². The van der Waals surface area contributed by atoms with Crippen molar-refractivity contribution in [1.29, 1.82) is 0 Å². The van der Waals surface area contributed by atoms with Gasteiger partial charge in [-0.1, -0.05) is 29.8 Å². The topological polar surface area (TPSA) is 79.4 Å². The van der Waals surface area contributed by atoms with Gasteiger partial charge in [-0.25, -0.2) is 4.98 Å². The molecule has 27 heavy (non-hydrogen) atoms. The first kappa shape index (κ1) is 19.1. The van der Waals surface area contributed by atoms with Gasteiger partial charge in [0.25, 0.3) is 0 Å². The summed E-state index contributed by atoms with van der Waals surface area (Å²) in [6, 6.07) is 9.99. The maximum absolute atomic E-state index is 12.1. The van der Waals surface area contributed by atoms with Gasteiger partial charge in [-0.05, 0) is 19.4 Å². The van der Waals surface area contributed by atoms with E-state index in [4.69, 9.17) is 4.74 Å². The van der Waals surface area contributed by atoms with Crippen LogP contribution in [0.25, 0.3) is 0 Å². The van der Waals surface area contributed by atoms with Crippen LogP contribution in [0.2, 0.25) is 0 Å². The van der Waals surface area contributed by atoms with Crippen molar-refractivity contribution in [3.63, 3.8) is 0 Å². The summed E-state index contributed by atoms with van der Waals surface area (Å²) in [6.07, 6.45) is 0.393. The SMILES string of the molecule is Cc1cccc(CC(=O)NCCNc2nc(C)cc(N3CCOCC3)n2)c1. The van der Waals surface area contributed by atoms with Crippen molar-refractivity contribution in [1.82, 2.24) is 15.3 Å². The van der Waals surface area contributed by atoms with Gasteiger partial charge in [-0.15, -0.1) is 0 Å².